The summed E-state index contributed by atoms with van der Waals surface area (Å²) in [6.07, 6.45) is 0.829. The number of benzene rings is 1. The quantitative estimate of drug-likeness (QED) is 0.864. The maximum absolute atomic E-state index is 6.18. The van der Waals surface area contributed by atoms with E-state index in [1.54, 1.807) is 14.2 Å². The summed E-state index contributed by atoms with van der Waals surface area (Å²) in [6, 6.07) is 3.62. The number of rotatable bonds is 4. The van der Waals surface area contributed by atoms with Gasteiger partial charge in [0.25, 0.3) is 0 Å². The first-order valence-electron chi connectivity index (χ1n) is 4.81. The molecule has 0 amide bonds. The van der Waals surface area contributed by atoms with E-state index < -0.39 is 0 Å². The van der Waals surface area contributed by atoms with Crippen molar-refractivity contribution in [3.63, 3.8) is 0 Å². The van der Waals surface area contributed by atoms with Crippen molar-refractivity contribution in [2.45, 2.75) is 19.4 Å². The fraction of sp³-hybridized carbons (Fsp3) is 0.455. The molecule has 0 aliphatic heterocycles. The van der Waals surface area contributed by atoms with Gasteiger partial charge in [-0.15, -0.1) is 0 Å². The highest BCUT2D eigenvalue weighted by atomic mass is 35.5. The zero-order valence-electron chi connectivity index (χ0n) is 9.21. The normalized spacial score (nSPS) is 12.3. The monoisotopic (exact) mass is 229 g/mol. The van der Waals surface area contributed by atoms with E-state index in [1.165, 1.54) is 0 Å². The highest BCUT2D eigenvalue weighted by molar-refractivity contribution is 6.33. The summed E-state index contributed by atoms with van der Waals surface area (Å²) in [6.45, 7) is 2.01. The zero-order chi connectivity index (χ0) is 11.4. The maximum atomic E-state index is 6.18. The smallest absolute Gasteiger partial charge is 0.179 e. The molecule has 0 heterocycles. The van der Waals surface area contributed by atoms with E-state index in [2.05, 4.69) is 0 Å². The molecular weight excluding hydrogens is 214 g/mol. The van der Waals surface area contributed by atoms with Crippen LogP contribution in [0.2, 0.25) is 5.02 Å². The van der Waals surface area contributed by atoms with E-state index >= 15 is 0 Å². The van der Waals surface area contributed by atoms with Crippen molar-refractivity contribution >= 4 is 11.6 Å². The Morgan fingerprint density at radius 3 is 2.47 bits per heavy atom. The Morgan fingerprint density at radius 2 is 2.00 bits per heavy atom. The second-order valence-electron chi connectivity index (χ2n) is 3.22. The van der Waals surface area contributed by atoms with Gasteiger partial charge in [0.15, 0.2) is 11.5 Å². The molecule has 0 saturated heterocycles. The minimum Gasteiger partial charge on any atom is -0.493 e. The summed E-state index contributed by atoms with van der Waals surface area (Å²) in [5.41, 5.74) is 6.82. The van der Waals surface area contributed by atoms with Gasteiger partial charge in [-0.2, -0.15) is 0 Å². The van der Waals surface area contributed by atoms with Crippen LogP contribution < -0.4 is 15.2 Å². The molecule has 1 aromatic carbocycles. The van der Waals surface area contributed by atoms with Gasteiger partial charge in [0.2, 0.25) is 0 Å². The number of hydrogen-bond donors (Lipinski definition) is 1. The molecule has 0 saturated carbocycles. The third-order valence-corrected chi connectivity index (χ3v) is 2.74. The van der Waals surface area contributed by atoms with Crippen molar-refractivity contribution in [1.29, 1.82) is 0 Å². The molecule has 15 heavy (non-hydrogen) atoms. The van der Waals surface area contributed by atoms with Gasteiger partial charge in [0.05, 0.1) is 19.2 Å². The molecule has 0 spiro atoms. The van der Waals surface area contributed by atoms with Gasteiger partial charge >= 0.3 is 0 Å². The molecule has 0 unspecified atom stereocenters. The minimum absolute atomic E-state index is 0.0719. The SMILES string of the molecule is CC[C@@H](N)c1ccc(OC)c(OC)c1Cl. The van der Waals surface area contributed by atoms with Gasteiger partial charge in [-0.1, -0.05) is 24.6 Å². The summed E-state index contributed by atoms with van der Waals surface area (Å²) in [7, 11) is 3.14. The minimum atomic E-state index is -0.0719. The second-order valence-corrected chi connectivity index (χ2v) is 3.60. The molecule has 0 aliphatic rings. The molecular formula is C11H16ClNO2. The highest BCUT2D eigenvalue weighted by Gasteiger charge is 2.16. The summed E-state index contributed by atoms with van der Waals surface area (Å²) in [5.74, 6) is 1.16. The third-order valence-electron chi connectivity index (χ3n) is 2.35. The Labute approximate surface area is 95.1 Å². The molecule has 0 fully saturated rings. The van der Waals surface area contributed by atoms with E-state index in [0.717, 1.165) is 12.0 Å². The lowest BCUT2D eigenvalue weighted by molar-refractivity contribution is 0.354. The fourth-order valence-corrected chi connectivity index (χ4v) is 1.78. The number of ether oxygens (including phenoxy) is 2. The van der Waals surface area contributed by atoms with Crippen LogP contribution in [0.3, 0.4) is 0 Å². The number of methoxy groups -OCH3 is 2. The van der Waals surface area contributed by atoms with Gasteiger partial charge < -0.3 is 15.2 Å². The summed E-state index contributed by atoms with van der Waals surface area (Å²) in [4.78, 5) is 0. The number of halogens is 1. The second kappa shape index (κ2) is 5.24. The van der Waals surface area contributed by atoms with Crippen molar-refractivity contribution in [2.24, 2.45) is 5.73 Å². The lowest BCUT2D eigenvalue weighted by Gasteiger charge is -2.16. The molecule has 2 N–H and O–H groups in total. The topological polar surface area (TPSA) is 44.5 Å². The summed E-state index contributed by atoms with van der Waals surface area (Å²) < 4.78 is 10.3. The Morgan fingerprint density at radius 1 is 1.33 bits per heavy atom. The lowest BCUT2D eigenvalue weighted by Crippen LogP contribution is -2.09. The van der Waals surface area contributed by atoms with Crippen LogP contribution >= 0.6 is 11.6 Å². The van der Waals surface area contributed by atoms with Crippen molar-refractivity contribution in [2.75, 3.05) is 14.2 Å². The Bertz CT molecular complexity index is 342. The van der Waals surface area contributed by atoms with E-state index in [-0.39, 0.29) is 6.04 Å². The van der Waals surface area contributed by atoms with Crippen LogP contribution in [-0.2, 0) is 0 Å². The molecule has 0 bridgehead atoms. The van der Waals surface area contributed by atoms with Crippen molar-refractivity contribution < 1.29 is 9.47 Å². The molecule has 1 atom stereocenters. The van der Waals surface area contributed by atoms with Gasteiger partial charge in [-0.3, -0.25) is 0 Å². The fourth-order valence-electron chi connectivity index (χ4n) is 1.41. The van der Waals surface area contributed by atoms with Crippen molar-refractivity contribution in [1.82, 2.24) is 0 Å². The first-order chi connectivity index (χ1) is 7.15. The average Bonchev–Trinajstić information content (AvgIpc) is 2.27. The van der Waals surface area contributed by atoms with Crippen molar-refractivity contribution in [3.8, 4) is 11.5 Å². The Kier molecular flexibility index (Phi) is 4.24. The number of hydrogen-bond acceptors (Lipinski definition) is 3. The molecule has 1 aromatic rings. The Balaban J connectivity index is 3.22. The van der Waals surface area contributed by atoms with Gasteiger partial charge in [-0.05, 0) is 18.1 Å². The van der Waals surface area contributed by atoms with Crippen LogP contribution in [0.1, 0.15) is 24.9 Å². The summed E-state index contributed by atoms with van der Waals surface area (Å²) in [5, 5.41) is 0.534. The lowest BCUT2D eigenvalue weighted by atomic mass is 10.0. The van der Waals surface area contributed by atoms with Gasteiger partial charge in [-0.25, -0.2) is 0 Å². The van der Waals surface area contributed by atoms with Gasteiger partial charge in [0, 0.05) is 6.04 Å². The van der Waals surface area contributed by atoms with E-state index in [1.807, 2.05) is 19.1 Å². The maximum Gasteiger partial charge on any atom is 0.179 e. The predicted octanol–water partition coefficient (Wildman–Crippen LogP) is 2.77. The van der Waals surface area contributed by atoms with Crippen LogP contribution in [0.4, 0.5) is 0 Å². The molecule has 1 rings (SSSR count). The van der Waals surface area contributed by atoms with E-state index in [0.29, 0.717) is 16.5 Å². The van der Waals surface area contributed by atoms with E-state index in [9.17, 15) is 0 Å². The van der Waals surface area contributed by atoms with Crippen LogP contribution in [0.5, 0.6) is 11.5 Å². The third kappa shape index (κ3) is 2.36. The van der Waals surface area contributed by atoms with Crippen LogP contribution in [0, 0.1) is 0 Å². The number of nitrogens with two attached hydrogens (primary N) is 1. The molecule has 0 aromatic heterocycles. The van der Waals surface area contributed by atoms with Crippen LogP contribution in [-0.4, -0.2) is 14.2 Å². The molecule has 0 radical (unpaired) electrons. The first kappa shape index (κ1) is 12.1. The Hall–Kier alpha value is -0.930. The van der Waals surface area contributed by atoms with Crippen LogP contribution in [0.15, 0.2) is 12.1 Å². The molecule has 0 aliphatic carbocycles. The first-order valence-corrected chi connectivity index (χ1v) is 5.19. The van der Waals surface area contributed by atoms with Crippen molar-refractivity contribution in [3.05, 3.63) is 22.7 Å². The van der Waals surface area contributed by atoms with E-state index in [4.69, 9.17) is 26.8 Å². The zero-order valence-corrected chi connectivity index (χ0v) is 9.97. The average molecular weight is 230 g/mol. The predicted molar refractivity (Wildman–Crippen MR) is 61.8 cm³/mol. The van der Waals surface area contributed by atoms with Gasteiger partial charge in [0.1, 0.15) is 0 Å². The molecule has 4 heteroatoms. The molecule has 3 nitrogen and oxygen atoms in total. The highest BCUT2D eigenvalue weighted by Crippen LogP contribution is 2.39. The summed E-state index contributed by atoms with van der Waals surface area (Å²) >= 11 is 6.18. The largest absolute Gasteiger partial charge is 0.493 e. The van der Waals surface area contributed by atoms with Crippen LogP contribution in [0.25, 0.3) is 0 Å². The molecule has 84 valence electrons. The standard InChI is InChI=1S/C11H16ClNO2/c1-4-8(13)7-5-6-9(14-2)11(15-3)10(7)12/h5-6,8H,4,13H2,1-3H3/t8-/m1/s1.